The summed E-state index contributed by atoms with van der Waals surface area (Å²) in [6.45, 7) is 8.62. The van der Waals surface area contributed by atoms with E-state index >= 15 is 0 Å². The van der Waals surface area contributed by atoms with Crippen molar-refractivity contribution in [2.75, 3.05) is 5.32 Å². The first-order valence-electron chi connectivity index (χ1n) is 7.22. The summed E-state index contributed by atoms with van der Waals surface area (Å²) >= 11 is 1.53. The number of fused-ring (bicyclic) bond motifs is 1. The summed E-state index contributed by atoms with van der Waals surface area (Å²) in [4.78, 5) is 22.2. The van der Waals surface area contributed by atoms with E-state index in [2.05, 4.69) is 21.4 Å². The number of imidazole rings is 1. The fourth-order valence-corrected chi connectivity index (χ4v) is 3.37. The van der Waals surface area contributed by atoms with Crippen molar-refractivity contribution in [1.82, 2.24) is 14.5 Å². The molecule has 2 heterocycles. The molecule has 3 rings (SSSR count). The molecule has 3 aromatic rings. The lowest BCUT2D eigenvalue weighted by Gasteiger charge is -2.06. The Bertz CT molecular complexity index is 863. The molecule has 0 saturated carbocycles. The SMILES string of the molecule is CCn1c(NC(=O)c2nc(C)sc2C)nc2cc(C)ccc21. The van der Waals surface area contributed by atoms with Crippen LogP contribution in [-0.2, 0) is 6.54 Å². The van der Waals surface area contributed by atoms with Crippen LogP contribution in [0.3, 0.4) is 0 Å². The second-order valence-electron chi connectivity index (χ2n) is 5.26. The van der Waals surface area contributed by atoms with Gasteiger partial charge in [-0.05, 0) is 45.4 Å². The molecule has 0 fully saturated rings. The van der Waals surface area contributed by atoms with E-state index in [4.69, 9.17) is 0 Å². The lowest BCUT2D eigenvalue weighted by atomic mass is 10.2. The Morgan fingerprint density at radius 3 is 2.68 bits per heavy atom. The van der Waals surface area contributed by atoms with E-state index in [9.17, 15) is 4.79 Å². The molecule has 0 unspecified atom stereocenters. The minimum atomic E-state index is -0.205. The van der Waals surface area contributed by atoms with Crippen LogP contribution in [0.15, 0.2) is 18.2 Å². The molecule has 5 nitrogen and oxygen atoms in total. The van der Waals surface area contributed by atoms with Gasteiger partial charge >= 0.3 is 0 Å². The average Bonchev–Trinajstić information content (AvgIpc) is 2.97. The number of nitrogens with one attached hydrogen (secondary N) is 1. The zero-order valence-electron chi connectivity index (χ0n) is 13.1. The minimum absolute atomic E-state index is 0.205. The number of carbonyl (C=O) groups is 1. The van der Waals surface area contributed by atoms with E-state index in [0.29, 0.717) is 11.6 Å². The Morgan fingerprint density at radius 2 is 2.05 bits per heavy atom. The zero-order chi connectivity index (χ0) is 15.9. The largest absolute Gasteiger partial charge is 0.310 e. The third-order valence-corrected chi connectivity index (χ3v) is 4.45. The quantitative estimate of drug-likeness (QED) is 0.802. The summed E-state index contributed by atoms with van der Waals surface area (Å²) < 4.78 is 2.00. The van der Waals surface area contributed by atoms with Crippen LogP contribution in [0.4, 0.5) is 5.95 Å². The van der Waals surface area contributed by atoms with Crippen LogP contribution in [0.25, 0.3) is 11.0 Å². The minimum Gasteiger partial charge on any atom is -0.310 e. The van der Waals surface area contributed by atoms with Gasteiger partial charge in [0.25, 0.3) is 5.91 Å². The van der Waals surface area contributed by atoms with Gasteiger partial charge < -0.3 is 4.57 Å². The predicted octanol–water partition coefficient (Wildman–Crippen LogP) is 3.69. The summed E-state index contributed by atoms with van der Waals surface area (Å²) in [5.74, 6) is 0.363. The third kappa shape index (κ3) is 2.50. The van der Waals surface area contributed by atoms with E-state index in [-0.39, 0.29) is 5.91 Å². The van der Waals surface area contributed by atoms with E-state index in [1.807, 2.05) is 44.4 Å². The number of rotatable bonds is 3. The van der Waals surface area contributed by atoms with Gasteiger partial charge in [-0.15, -0.1) is 11.3 Å². The van der Waals surface area contributed by atoms with Crippen LogP contribution in [0, 0.1) is 20.8 Å². The maximum Gasteiger partial charge on any atom is 0.277 e. The molecule has 0 aliphatic rings. The van der Waals surface area contributed by atoms with Crippen LogP contribution in [0.5, 0.6) is 0 Å². The number of aromatic nitrogens is 3. The maximum absolute atomic E-state index is 12.4. The highest BCUT2D eigenvalue weighted by atomic mass is 32.1. The standard InChI is InChI=1S/C16H18N4OS/c1-5-20-13-7-6-9(2)8-12(13)18-16(20)19-15(21)14-10(3)22-11(4)17-14/h6-8H,5H2,1-4H3,(H,18,19,21). The molecule has 0 spiro atoms. The molecule has 0 saturated heterocycles. The Morgan fingerprint density at radius 1 is 1.27 bits per heavy atom. The van der Waals surface area contributed by atoms with Crippen molar-refractivity contribution in [2.24, 2.45) is 0 Å². The van der Waals surface area contributed by atoms with Crippen LogP contribution < -0.4 is 5.32 Å². The summed E-state index contributed by atoms with van der Waals surface area (Å²) in [5.41, 5.74) is 3.54. The number of thiazole rings is 1. The molecule has 114 valence electrons. The fraction of sp³-hybridized carbons (Fsp3) is 0.312. The molecule has 0 radical (unpaired) electrons. The van der Waals surface area contributed by atoms with Gasteiger partial charge in [-0.25, -0.2) is 9.97 Å². The molecule has 22 heavy (non-hydrogen) atoms. The van der Waals surface area contributed by atoms with Crippen LogP contribution in [-0.4, -0.2) is 20.4 Å². The molecular weight excluding hydrogens is 296 g/mol. The molecule has 6 heteroatoms. The van der Waals surface area contributed by atoms with Crippen molar-refractivity contribution in [2.45, 2.75) is 34.2 Å². The summed E-state index contributed by atoms with van der Waals surface area (Å²) in [6, 6.07) is 6.11. The summed E-state index contributed by atoms with van der Waals surface area (Å²) in [6.07, 6.45) is 0. The Kier molecular flexibility index (Phi) is 3.70. The molecule has 1 amide bonds. The molecule has 0 aliphatic heterocycles. The highest BCUT2D eigenvalue weighted by molar-refractivity contribution is 7.11. The zero-order valence-corrected chi connectivity index (χ0v) is 13.9. The molecular formula is C16H18N4OS. The van der Waals surface area contributed by atoms with Crippen molar-refractivity contribution in [3.8, 4) is 0 Å². The van der Waals surface area contributed by atoms with Gasteiger partial charge in [0.2, 0.25) is 5.95 Å². The Labute approximate surface area is 133 Å². The number of anilines is 1. The number of carbonyl (C=O) groups excluding carboxylic acids is 1. The van der Waals surface area contributed by atoms with Crippen molar-refractivity contribution in [3.63, 3.8) is 0 Å². The second kappa shape index (κ2) is 5.53. The number of nitrogens with zero attached hydrogens (tertiary/aromatic N) is 3. The van der Waals surface area contributed by atoms with E-state index in [1.54, 1.807) is 0 Å². The smallest absolute Gasteiger partial charge is 0.277 e. The van der Waals surface area contributed by atoms with Gasteiger partial charge in [-0.1, -0.05) is 6.07 Å². The number of amides is 1. The highest BCUT2D eigenvalue weighted by Gasteiger charge is 2.17. The van der Waals surface area contributed by atoms with E-state index in [0.717, 1.165) is 33.0 Å². The highest BCUT2D eigenvalue weighted by Crippen LogP contribution is 2.22. The Balaban J connectivity index is 1.99. The molecule has 0 aliphatic carbocycles. The molecule has 0 bridgehead atoms. The van der Waals surface area contributed by atoms with Crippen LogP contribution in [0.2, 0.25) is 0 Å². The lowest BCUT2D eigenvalue weighted by Crippen LogP contribution is -2.17. The van der Waals surface area contributed by atoms with Gasteiger partial charge in [0.1, 0.15) is 5.69 Å². The van der Waals surface area contributed by atoms with Gasteiger partial charge in [0.15, 0.2) is 0 Å². The number of benzene rings is 1. The van der Waals surface area contributed by atoms with Crippen molar-refractivity contribution < 1.29 is 4.79 Å². The normalized spacial score (nSPS) is 11.1. The number of aryl methyl sites for hydroxylation is 4. The second-order valence-corrected chi connectivity index (χ2v) is 6.67. The number of hydrogen-bond acceptors (Lipinski definition) is 4. The number of hydrogen-bond donors (Lipinski definition) is 1. The summed E-state index contributed by atoms with van der Waals surface area (Å²) in [7, 11) is 0. The fourth-order valence-electron chi connectivity index (χ4n) is 2.56. The summed E-state index contributed by atoms with van der Waals surface area (Å²) in [5, 5.41) is 3.79. The molecule has 2 aromatic heterocycles. The van der Waals surface area contributed by atoms with Gasteiger partial charge in [-0.2, -0.15) is 0 Å². The van der Waals surface area contributed by atoms with Crippen molar-refractivity contribution in [3.05, 3.63) is 39.3 Å². The first kappa shape index (κ1) is 14.7. The maximum atomic E-state index is 12.4. The third-order valence-electron chi connectivity index (χ3n) is 3.56. The predicted molar refractivity (Wildman–Crippen MR) is 89.7 cm³/mol. The van der Waals surface area contributed by atoms with Gasteiger partial charge in [-0.3, -0.25) is 10.1 Å². The van der Waals surface area contributed by atoms with Crippen LogP contribution in [0.1, 0.15) is 32.9 Å². The van der Waals surface area contributed by atoms with Gasteiger partial charge in [0, 0.05) is 11.4 Å². The topological polar surface area (TPSA) is 59.8 Å². The molecule has 1 aromatic carbocycles. The van der Waals surface area contributed by atoms with Crippen molar-refractivity contribution in [1.29, 1.82) is 0 Å². The molecule has 1 N–H and O–H groups in total. The first-order chi connectivity index (χ1) is 10.5. The van der Waals surface area contributed by atoms with E-state index < -0.39 is 0 Å². The van der Waals surface area contributed by atoms with E-state index in [1.165, 1.54) is 11.3 Å². The van der Waals surface area contributed by atoms with Gasteiger partial charge in [0.05, 0.1) is 16.0 Å². The van der Waals surface area contributed by atoms with Crippen LogP contribution >= 0.6 is 11.3 Å². The molecule has 0 atom stereocenters. The van der Waals surface area contributed by atoms with Crippen molar-refractivity contribution >= 4 is 34.2 Å². The Hall–Kier alpha value is -2.21. The first-order valence-corrected chi connectivity index (χ1v) is 8.03. The monoisotopic (exact) mass is 314 g/mol. The lowest BCUT2D eigenvalue weighted by molar-refractivity contribution is 0.102. The average molecular weight is 314 g/mol.